The average Bonchev–Trinajstić information content (AvgIpc) is 2.77. The first-order valence-corrected chi connectivity index (χ1v) is 9.20. The third kappa shape index (κ3) is 4.01. The third-order valence-corrected chi connectivity index (χ3v) is 5.08. The second-order valence-corrected chi connectivity index (χ2v) is 6.81. The van der Waals surface area contributed by atoms with Gasteiger partial charge in [0, 0.05) is 18.0 Å². The number of hydrogen-bond acceptors (Lipinski definition) is 3. The van der Waals surface area contributed by atoms with Gasteiger partial charge in [0.2, 0.25) is 0 Å². The maximum Gasteiger partial charge on any atom is 0.255 e. The van der Waals surface area contributed by atoms with E-state index < -0.39 is 0 Å². The molecule has 0 saturated heterocycles. The van der Waals surface area contributed by atoms with Gasteiger partial charge >= 0.3 is 0 Å². The van der Waals surface area contributed by atoms with E-state index in [0.29, 0.717) is 23.6 Å². The van der Waals surface area contributed by atoms with Crippen molar-refractivity contribution in [2.45, 2.75) is 12.3 Å². The number of hydrogen-bond donors (Lipinski definition) is 1. The van der Waals surface area contributed by atoms with Gasteiger partial charge in [0.1, 0.15) is 11.5 Å². The molecular weight excluding hydrogens is 350 g/mol. The van der Waals surface area contributed by atoms with E-state index in [9.17, 15) is 4.79 Å². The lowest BCUT2D eigenvalue weighted by atomic mass is 9.76. The molecular formula is C24H25NO3. The minimum Gasteiger partial charge on any atom is -0.497 e. The minimum absolute atomic E-state index is 0.183. The molecule has 0 spiro atoms. The van der Waals surface area contributed by atoms with Crippen LogP contribution in [0.1, 0.15) is 28.4 Å². The third-order valence-electron chi connectivity index (χ3n) is 5.08. The summed E-state index contributed by atoms with van der Waals surface area (Å²) in [6, 6.07) is 25.6. The smallest absolute Gasteiger partial charge is 0.255 e. The summed E-state index contributed by atoms with van der Waals surface area (Å²) >= 11 is 0. The van der Waals surface area contributed by atoms with Gasteiger partial charge in [0.15, 0.2) is 0 Å². The van der Waals surface area contributed by atoms with E-state index in [1.165, 1.54) is 0 Å². The van der Waals surface area contributed by atoms with Crippen molar-refractivity contribution in [2.75, 3.05) is 20.8 Å². The summed E-state index contributed by atoms with van der Waals surface area (Å²) in [5.74, 6) is 0.947. The summed E-state index contributed by atoms with van der Waals surface area (Å²) in [6.45, 7) is 2.60. The second-order valence-electron chi connectivity index (χ2n) is 6.81. The van der Waals surface area contributed by atoms with Gasteiger partial charge in [-0.05, 0) is 30.2 Å². The van der Waals surface area contributed by atoms with Gasteiger partial charge in [0.25, 0.3) is 5.91 Å². The molecule has 3 aromatic carbocycles. The molecule has 1 amide bonds. The topological polar surface area (TPSA) is 47.6 Å². The molecule has 144 valence electrons. The Kier molecular flexibility index (Phi) is 5.99. The molecule has 0 aliphatic carbocycles. The molecule has 0 fully saturated rings. The Balaban J connectivity index is 1.88. The fourth-order valence-electron chi connectivity index (χ4n) is 3.32. The van der Waals surface area contributed by atoms with E-state index in [-0.39, 0.29) is 11.3 Å². The normalized spacial score (nSPS) is 11.0. The van der Waals surface area contributed by atoms with Crippen LogP contribution >= 0.6 is 0 Å². The Hall–Kier alpha value is -3.27. The maximum atomic E-state index is 12.9. The van der Waals surface area contributed by atoms with Crippen LogP contribution in [0.5, 0.6) is 11.5 Å². The molecule has 0 aliphatic heterocycles. The zero-order valence-electron chi connectivity index (χ0n) is 16.4. The first-order chi connectivity index (χ1) is 13.6. The second kappa shape index (κ2) is 8.61. The van der Waals surface area contributed by atoms with Crippen LogP contribution in [0.4, 0.5) is 0 Å². The van der Waals surface area contributed by atoms with Crippen molar-refractivity contribution in [3.05, 3.63) is 95.6 Å². The Labute approximate surface area is 166 Å². The lowest BCUT2D eigenvalue weighted by Gasteiger charge is -2.31. The molecule has 0 unspecified atom stereocenters. The molecule has 0 bridgehead atoms. The first-order valence-electron chi connectivity index (χ1n) is 9.20. The molecule has 0 aliphatic rings. The molecule has 0 aromatic heterocycles. The monoisotopic (exact) mass is 375 g/mol. The zero-order chi connectivity index (χ0) is 20.0. The predicted molar refractivity (Wildman–Crippen MR) is 111 cm³/mol. The molecule has 0 heterocycles. The quantitative estimate of drug-likeness (QED) is 0.664. The molecule has 1 N–H and O–H groups in total. The number of nitrogens with one attached hydrogen (secondary N) is 1. The molecule has 0 atom stereocenters. The number of benzene rings is 3. The Morgan fingerprint density at radius 3 is 1.93 bits per heavy atom. The highest BCUT2D eigenvalue weighted by Crippen LogP contribution is 2.32. The molecule has 4 heteroatoms. The number of amides is 1. The number of rotatable bonds is 7. The van der Waals surface area contributed by atoms with E-state index in [2.05, 4.69) is 36.5 Å². The fraction of sp³-hybridized carbons (Fsp3) is 0.208. The van der Waals surface area contributed by atoms with Gasteiger partial charge in [-0.1, -0.05) is 60.7 Å². The lowest BCUT2D eigenvalue weighted by molar-refractivity contribution is 0.0944. The van der Waals surface area contributed by atoms with E-state index >= 15 is 0 Å². The van der Waals surface area contributed by atoms with Crippen LogP contribution in [0.2, 0.25) is 0 Å². The number of carbonyl (C=O) groups excluding carboxylic acids is 1. The molecule has 3 aromatic rings. The van der Waals surface area contributed by atoms with Crippen LogP contribution in [0.25, 0.3) is 0 Å². The number of carbonyl (C=O) groups is 1. The van der Waals surface area contributed by atoms with Gasteiger partial charge in [-0.15, -0.1) is 0 Å². The predicted octanol–water partition coefficient (Wildman–Crippen LogP) is 4.44. The summed E-state index contributed by atoms with van der Waals surface area (Å²) in [7, 11) is 3.13. The van der Waals surface area contributed by atoms with Crippen LogP contribution in [-0.4, -0.2) is 26.7 Å². The molecule has 4 nitrogen and oxygen atoms in total. The highest BCUT2D eigenvalue weighted by atomic mass is 16.5. The van der Waals surface area contributed by atoms with Crippen molar-refractivity contribution in [3.63, 3.8) is 0 Å². The summed E-state index contributed by atoms with van der Waals surface area (Å²) in [6.07, 6.45) is 0. The molecule has 0 radical (unpaired) electrons. The summed E-state index contributed by atoms with van der Waals surface area (Å²) in [5, 5.41) is 3.09. The van der Waals surface area contributed by atoms with Crippen molar-refractivity contribution in [1.29, 1.82) is 0 Å². The van der Waals surface area contributed by atoms with Crippen LogP contribution in [-0.2, 0) is 5.41 Å². The van der Waals surface area contributed by atoms with Gasteiger partial charge in [-0.25, -0.2) is 0 Å². The van der Waals surface area contributed by atoms with Crippen molar-refractivity contribution in [1.82, 2.24) is 5.32 Å². The standard InChI is InChI=1S/C24H25NO3/c1-24(18-10-6-4-7-11-18,19-12-8-5-9-13-19)17-25-23(26)21-15-14-20(27-2)16-22(21)28-3/h4-16H,17H2,1-3H3,(H,25,26). The van der Waals surface area contributed by atoms with Gasteiger partial charge in [0.05, 0.1) is 19.8 Å². The Morgan fingerprint density at radius 2 is 1.43 bits per heavy atom. The van der Waals surface area contributed by atoms with E-state index in [4.69, 9.17) is 9.47 Å². The van der Waals surface area contributed by atoms with Gasteiger partial charge in [-0.3, -0.25) is 4.79 Å². The minimum atomic E-state index is -0.363. The largest absolute Gasteiger partial charge is 0.497 e. The van der Waals surface area contributed by atoms with E-state index in [1.807, 2.05) is 36.4 Å². The average molecular weight is 375 g/mol. The van der Waals surface area contributed by atoms with Crippen LogP contribution in [0.15, 0.2) is 78.9 Å². The van der Waals surface area contributed by atoms with Gasteiger partial charge < -0.3 is 14.8 Å². The number of methoxy groups -OCH3 is 2. The van der Waals surface area contributed by atoms with Crippen LogP contribution in [0, 0.1) is 0 Å². The molecule has 3 rings (SSSR count). The highest BCUT2D eigenvalue weighted by Gasteiger charge is 2.29. The highest BCUT2D eigenvalue weighted by molar-refractivity contribution is 5.97. The van der Waals surface area contributed by atoms with E-state index in [0.717, 1.165) is 11.1 Å². The van der Waals surface area contributed by atoms with Crippen molar-refractivity contribution < 1.29 is 14.3 Å². The summed E-state index contributed by atoms with van der Waals surface area (Å²) in [5.41, 5.74) is 2.40. The van der Waals surface area contributed by atoms with Gasteiger partial charge in [-0.2, -0.15) is 0 Å². The van der Waals surface area contributed by atoms with E-state index in [1.54, 1.807) is 32.4 Å². The zero-order valence-corrected chi connectivity index (χ0v) is 16.4. The summed E-state index contributed by atoms with van der Waals surface area (Å²) in [4.78, 5) is 12.9. The van der Waals surface area contributed by atoms with Crippen LogP contribution < -0.4 is 14.8 Å². The first kappa shape index (κ1) is 19.5. The SMILES string of the molecule is COc1ccc(C(=O)NCC(C)(c2ccccc2)c2ccccc2)c(OC)c1. The summed E-state index contributed by atoms with van der Waals surface area (Å²) < 4.78 is 10.6. The maximum absolute atomic E-state index is 12.9. The molecule has 28 heavy (non-hydrogen) atoms. The van der Waals surface area contributed by atoms with Crippen molar-refractivity contribution >= 4 is 5.91 Å². The fourth-order valence-corrected chi connectivity index (χ4v) is 3.32. The van der Waals surface area contributed by atoms with Crippen molar-refractivity contribution in [2.24, 2.45) is 0 Å². The Morgan fingerprint density at radius 1 is 0.857 bits per heavy atom. The molecule has 0 saturated carbocycles. The Bertz CT molecular complexity index is 884. The lowest BCUT2D eigenvalue weighted by Crippen LogP contribution is -2.39. The number of ether oxygens (including phenoxy) is 2. The van der Waals surface area contributed by atoms with Crippen LogP contribution in [0.3, 0.4) is 0 Å². The van der Waals surface area contributed by atoms with Crippen molar-refractivity contribution in [3.8, 4) is 11.5 Å².